The highest BCUT2D eigenvalue weighted by Crippen LogP contribution is 2.29. The number of hydrogen-bond acceptors (Lipinski definition) is 3. The maximum Gasteiger partial charge on any atom is 0.123 e. The summed E-state index contributed by atoms with van der Waals surface area (Å²) in [6, 6.07) is 17.2. The normalized spacial score (nSPS) is 21.0. The molecule has 0 bridgehead atoms. The van der Waals surface area contributed by atoms with E-state index in [1.165, 1.54) is 16.7 Å². The van der Waals surface area contributed by atoms with Gasteiger partial charge in [0.1, 0.15) is 5.75 Å². The summed E-state index contributed by atoms with van der Waals surface area (Å²) in [5.41, 5.74) is 9.83. The molecule has 1 heterocycles. The zero-order valence-electron chi connectivity index (χ0n) is 13.7. The van der Waals surface area contributed by atoms with Gasteiger partial charge in [-0.15, -0.1) is 12.4 Å². The second-order valence-corrected chi connectivity index (χ2v) is 6.23. The minimum Gasteiger partial charge on any atom is -0.496 e. The molecule has 2 atom stereocenters. The van der Waals surface area contributed by atoms with Gasteiger partial charge in [0, 0.05) is 31.2 Å². The van der Waals surface area contributed by atoms with Crippen molar-refractivity contribution in [2.24, 2.45) is 11.7 Å². The lowest BCUT2D eigenvalue weighted by atomic mass is 10.0. The lowest BCUT2D eigenvalue weighted by Gasteiger charge is -2.18. The van der Waals surface area contributed by atoms with Crippen LogP contribution in [0.4, 0.5) is 0 Å². The van der Waals surface area contributed by atoms with E-state index < -0.39 is 0 Å². The number of nitrogens with two attached hydrogens (primary N) is 1. The van der Waals surface area contributed by atoms with Crippen molar-refractivity contribution in [3.8, 4) is 16.9 Å². The highest BCUT2D eigenvalue weighted by molar-refractivity contribution is 5.85. The highest BCUT2D eigenvalue weighted by Gasteiger charge is 2.26. The Hall–Kier alpha value is -1.55. The van der Waals surface area contributed by atoms with Crippen molar-refractivity contribution >= 4 is 12.4 Å². The Bertz CT molecular complexity index is 623. The molecule has 2 N–H and O–H groups in total. The van der Waals surface area contributed by atoms with Crippen molar-refractivity contribution in [2.45, 2.75) is 19.5 Å². The molecule has 23 heavy (non-hydrogen) atoms. The smallest absolute Gasteiger partial charge is 0.123 e. The summed E-state index contributed by atoms with van der Waals surface area (Å²) >= 11 is 0. The van der Waals surface area contributed by atoms with Crippen LogP contribution in [0.15, 0.2) is 48.5 Å². The van der Waals surface area contributed by atoms with Crippen LogP contribution in [0.5, 0.6) is 5.75 Å². The first-order valence-electron chi connectivity index (χ1n) is 7.87. The molecule has 0 aromatic heterocycles. The number of methoxy groups -OCH3 is 1. The fourth-order valence-corrected chi connectivity index (χ4v) is 3.18. The molecule has 1 aliphatic heterocycles. The number of hydrogen-bond donors (Lipinski definition) is 1. The lowest BCUT2D eigenvalue weighted by molar-refractivity contribution is 0.310. The van der Waals surface area contributed by atoms with Crippen LogP contribution >= 0.6 is 12.4 Å². The van der Waals surface area contributed by atoms with Gasteiger partial charge in [0.15, 0.2) is 0 Å². The average Bonchev–Trinajstić information content (AvgIpc) is 2.86. The Labute approximate surface area is 144 Å². The largest absolute Gasteiger partial charge is 0.496 e. The Morgan fingerprint density at radius 1 is 1.09 bits per heavy atom. The van der Waals surface area contributed by atoms with E-state index in [0.717, 1.165) is 25.4 Å². The Balaban J connectivity index is 0.00000192. The van der Waals surface area contributed by atoms with E-state index in [4.69, 9.17) is 10.5 Å². The van der Waals surface area contributed by atoms with E-state index in [9.17, 15) is 0 Å². The minimum atomic E-state index is 0. The first-order chi connectivity index (χ1) is 10.7. The SMILES string of the molecule is COc1ccc(-c2ccccc2)cc1CN1CC(C)C(N)C1.Cl. The summed E-state index contributed by atoms with van der Waals surface area (Å²) in [5.74, 6) is 1.51. The first kappa shape index (κ1) is 17.8. The van der Waals surface area contributed by atoms with Crippen molar-refractivity contribution in [1.29, 1.82) is 0 Å². The monoisotopic (exact) mass is 332 g/mol. The van der Waals surface area contributed by atoms with Crippen molar-refractivity contribution in [3.05, 3.63) is 54.1 Å². The van der Waals surface area contributed by atoms with Gasteiger partial charge in [-0.25, -0.2) is 0 Å². The van der Waals surface area contributed by atoms with Crippen LogP contribution in [-0.2, 0) is 6.54 Å². The standard InChI is InChI=1S/C19H24N2O.ClH/c1-14-11-21(13-18(14)20)12-17-10-16(8-9-19(17)22-2)15-6-4-3-5-7-15;/h3-10,14,18H,11-13,20H2,1-2H3;1H. The molecular weight excluding hydrogens is 308 g/mol. The molecule has 0 spiro atoms. The van der Waals surface area contributed by atoms with E-state index in [0.29, 0.717) is 5.92 Å². The number of halogens is 1. The molecule has 1 fully saturated rings. The minimum absolute atomic E-state index is 0. The molecule has 0 radical (unpaired) electrons. The first-order valence-corrected chi connectivity index (χ1v) is 7.87. The summed E-state index contributed by atoms with van der Waals surface area (Å²) < 4.78 is 5.54. The Kier molecular flexibility index (Phi) is 6.05. The second-order valence-electron chi connectivity index (χ2n) is 6.23. The molecule has 1 aliphatic rings. The van der Waals surface area contributed by atoms with E-state index in [2.05, 4.69) is 54.3 Å². The Morgan fingerprint density at radius 3 is 2.43 bits per heavy atom. The van der Waals surface area contributed by atoms with Crippen LogP contribution in [0.25, 0.3) is 11.1 Å². The van der Waals surface area contributed by atoms with E-state index in [-0.39, 0.29) is 18.4 Å². The highest BCUT2D eigenvalue weighted by atomic mass is 35.5. The topological polar surface area (TPSA) is 38.5 Å². The average molecular weight is 333 g/mol. The van der Waals surface area contributed by atoms with Gasteiger partial charge >= 0.3 is 0 Å². The van der Waals surface area contributed by atoms with Gasteiger partial charge in [-0.1, -0.05) is 43.3 Å². The number of nitrogens with zero attached hydrogens (tertiary/aromatic N) is 1. The van der Waals surface area contributed by atoms with Crippen molar-refractivity contribution in [2.75, 3.05) is 20.2 Å². The third kappa shape index (κ3) is 4.05. The maximum absolute atomic E-state index is 6.14. The molecule has 4 heteroatoms. The van der Waals surface area contributed by atoms with E-state index >= 15 is 0 Å². The summed E-state index contributed by atoms with van der Waals surface area (Å²) in [6.45, 7) is 5.13. The van der Waals surface area contributed by atoms with E-state index in [1.54, 1.807) is 7.11 Å². The third-order valence-corrected chi connectivity index (χ3v) is 4.53. The van der Waals surface area contributed by atoms with Crippen LogP contribution in [0.1, 0.15) is 12.5 Å². The maximum atomic E-state index is 6.14. The quantitative estimate of drug-likeness (QED) is 0.930. The van der Waals surface area contributed by atoms with Gasteiger partial charge in [-0.05, 0) is 29.2 Å². The van der Waals surface area contributed by atoms with Crippen LogP contribution in [0, 0.1) is 5.92 Å². The van der Waals surface area contributed by atoms with Crippen LogP contribution in [0.2, 0.25) is 0 Å². The van der Waals surface area contributed by atoms with Crippen LogP contribution in [-0.4, -0.2) is 31.1 Å². The van der Waals surface area contributed by atoms with Gasteiger partial charge in [-0.3, -0.25) is 4.90 Å². The van der Waals surface area contributed by atoms with Gasteiger partial charge < -0.3 is 10.5 Å². The molecule has 3 rings (SSSR count). The predicted octanol–water partition coefficient (Wildman–Crippen LogP) is 3.56. The lowest BCUT2D eigenvalue weighted by Crippen LogP contribution is -2.28. The molecule has 2 aromatic rings. The molecule has 0 aliphatic carbocycles. The second kappa shape index (κ2) is 7.82. The van der Waals surface area contributed by atoms with Crippen LogP contribution < -0.4 is 10.5 Å². The van der Waals surface area contributed by atoms with Gasteiger partial charge in [0.2, 0.25) is 0 Å². The predicted molar refractivity (Wildman–Crippen MR) is 98.1 cm³/mol. The molecular formula is C19H25ClN2O. The zero-order valence-corrected chi connectivity index (χ0v) is 14.6. The molecule has 1 saturated heterocycles. The molecule has 3 nitrogen and oxygen atoms in total. The molecule has 124 valence electrons. The van der Waals surface area contributed by atoms with Crippen molar-refractivity contribution in [3.63, 3.8) is 0 Å². The zero-order chi connectivity index (χ0) is 15.5. The number of rotatable bonds is 4. The Morgan fingerprint density at radius 2 is 1.83 bits per heavy atom. The van der Waals surface area contributed by atoms with Gasteiger partial charge in [0.05, 0.1) is 7.11 Å². The fourth-order valence-electron chi connectivity index (χ4n) is 3.18. The third-order valence-electron chi connectivity index (χ3n) is 4.53. The van der Waals surface area contributed by atoms with Crippen LogP contribution in [0.3, 0.4) is 0 Å². The fraction of sp³-hybridized carbons (Fsp3) is 0.368. The summed E-state index contributed by atoms with van der Waals surface area (Å²) in [4.78, 5) is 2.42. The van der Waals surface area contributed by atoms with Gasteiger partial charge in [0.25, 0.3) is 0 Å². The number of benzene rings is 2. The number of likely N-dealkylation sites (tertiary alicyclic amines) is 1. The molecule has 2 unspecified atom stereocenters. The summed E-state index contributed by atoms with van der Waals surface area (Å²) in [5, 5.41) is 0. The number of ether oxygens (including phenoxy) is 1. The summed E-state index contributed by atoms with van der Waals surface area (Å²) in [6.07, 6.45) is 0. The van der Waals surface area contributed by atoms with Crippen molar-refractivity contribution < 1.29 is 4.74 Å². The molecule has 0 amide bonds. The van der Waals surface area contributed by atoms with Gasteiger partial charge in [-0.2, -0.15) is 0 Å². The molecule has 0 saturated carbocycles. The molecule has 2 aromatic carbocycles. The summed E-state index contributed by atoms with van der Waals surface area (Å²) in [7, 11) is 1.74. The van der Waals surface area contributed by atoms with E-state index in [1.807, 2.05) is 6.07 Å². The van der Waals surface area contributed by atoms with Crippen molar-refractivity contribution in [1.82, 2.24) is 4.90 Å².